The third-order valence-corrected chi connectivity index (χ3v) is 3.69. The molecule has 0 N–H and O–H groups in total. The zero-order valence-corrected chi connectivity index (χ0v) is 10.2. The predicted molar refractivity (Wildman–Crippen MR) is 69.7 cm³/mol. The maximum absolute atomic E-state index is 11.3. The average molecular weight is 231 g/mol. The van der Waals surface area contributed by atoms with Crippen molar-refractivity contribution < 1.29 is 0 Å². The quantitative estimate of drug-likeness (QED) is 0.778. The lowest BCUT2D eigenvalue weighted by atomic mass is 10.2. The van der Waals surface area contributed by atoms with E-state index in [-0.39, 0.29) is 5.56 Å². The zero-order chi connectivity index (χ0) is 11.7. The molecule has 3 heteroatoms. The number of pyridine rings is 1. The number of nitrogens with zero attached hydrogens (tertiary/aromatic N) is 1. The van der Waals surface area contributed by atoms with Gasteiger partial charge in [0.15, 0.2) is 0 Å². The SMILES string of the molecule is C=C(C)c1ccc(-c2ccc(=O)n(C)c2)s1. The van der Waals surface area contributed by atoms with Gasteiger partial charge < -0.3 is 4.57 Å². The lowest BCUT2D eigenvalue weighted by Gasteiger charge is -2.00. The van der Waals surface area contributed by atoms with Crippen LogP contribution in [0.4, 0.5) is 0 Å². The smallest absolute Gasteiger partial charge is 0.250 e. The van der Waals surface area contributed by atoms with Gasteiger partial charge >= 0.3 is 0 Å². The molecule has 2 aromatic heterocycles. The van der Waals surface area contributed by atoms with E-state index in [2.05, 4.69) is 18.7 Å². The van der Waals surface area contributed by atoms with Crippen molar-refractivity contribution in [2.24, 2.45) is 7.05 Å². The number of rotatable bonds is 2. The molecule has 2 aromatic rings. The van der Waals surface area contributed by atoms with Crippen LogP contribution in [-0.4, -0.2) is 4.57 Å². The highest BCUT2D eigenvalue weighted by Gasteiger charge is 2.04. The Morgan fingerprint density at radius 3 is 2.62 bits per heavy atom. The summed E-state index contributed by atoms with van der Waals surface area (Å²) in [5.41, 5.74) is 2.15. The Bertz CT molecular complexity index is 592. The molecule has 2 rings (SSSR count). The summed E-state index contributed by atoms with van der Waals surface area (Å²) in [6.07, 6.45) is 1.86. The molecule has 0 aromatic carbocycles. The number of hydrogen-bond acceptors (Lipinski definition) is 2. The Morgan fingerprint density at radius 2 is 2.06 bits per heavy atom. The second kappa shape index (κ2) is 4.10. The standard InChI is InChI=1S/C13H13NOS/c1-9(2)11-5-6-12(16-11)10-4-7-13(15)14(3)8-10/h4-8H,1H2,2-3H3. The van der Waals surface area contributed by atoms with Crippen LogP contribution in [-0.2, 0) is 7.05 Å². The van der Waals surface area contributed by atoms with Crippen molar-refractivity contribution >= 4 is 16.9 Å². The van der Waals surface area contributed by atoms with Crippen LogP contribution < -0.4 is 5.56 Å². The van der Waals surface area contributed by atoms with Crippen LogP contribution >= 0.6 is 11.3 Å². The minimum Gasteiger partial charge on any atom is -0.318 e. The lowest BCUT2D eigenvalue weighted by Crippen LogP contribution is -2.13. The molecule has 0 bridgehead atoms. The molecule has 0 saturated heterocycles. The van der Waals surface area contributed by atoms with E-state index in [1.807, 2.05) is 19.2 Å². The number of allylic oxidation sites excluding steroid dienone is 1. The van der Waals surface area contributed by atoms with Crippen LogP contribution in [0.1, 0.15) is 11.8 Å². The van der Waals surface area contributed by atoms with Crippen molar-refractivity contribution in [1.29, 1.82) is 0 Å². The van der Waals surface area contributed by atoms with Gasteiger partial charge in [0.2, 0.25) is 5.56 Å². The molecule has 0 unspecified atom stereocenters. The van der Waals surface area contributed by atoms with E-state index in [9.17, 15) is 4.79 Å². The summed E-state index contributed by atoms with van der Waals surface area (Å²) in [5.74, 6) is 0. The van der Waals surface area contributed by atoms with Gasteiger partial charge in [-0.05, 0) is 30.7 Å². The topological polar surface area (TPSA) is 22.0 Å². The summed E-state index contributed by atoms with van der Waals surface area (Å²) in [5, 5.41) is 0. The molecule has 0 atom stereocenters. The highest BCUT2D eigenvalue weighted by Crippen LogP contribution is 2.30. The fourth-order valence-corrected chi connectivity index (χ4v) is 2.38. The molecule has 16 heavy (non-hydrogen) atoms. The largest absolute Gasteiger partial charge is 0.318 e. The van der Waals surface area contributed by atoms with E-state index in [1.54, 1.807) is 29.0 Å². The summed E-state index contributed by atoms with van der Waals surface area (Å²) in [4.78, 5) is 13.6. The monoisotopic (exact) mass is 231 g/mol. The average Bonchev–Trinajstić information content (AvgIpc) is 2.71. The van der Waals surface area contributed by atoms with E-state index in [1.165, 1.54) is 4.88 Å². The molecular formula is C13H13NOS. The van der Waals surface area contributed by atoms with E-state index in [4.69, 9.17) is 0 Å². The molecule has 0 spiro atoms. The van der Waals surface area contributed by atoms with Gasteiger partial charge in [-0.1, -0.05) is 6.58 Å². The van der Waals surface area contributed by atoms with E-state index >= 15 is 0 Å². The summed E-state index contributed by atoms with van der Waals surface area (Å²) in [7, 11) is 1.76. The number of thiophene rings is 1. The first-order valence-electron chi connectivity index (χ1n) is 5.00. The van der Waals surface area contributed by atoms with Crippen molar-refractivity contribution in [3.8, 4) is 10.4 Å². The zero-order valence-electron chi connectivity index (χ0n) is 9.36. The number of aromatic nitrogens is 1. The van der Waals surface area contributed by atoms with Crippen molar-refractivity contribution in [1.82, 2.24) is 4.57 Å². The first kappa shape index (κ1) is 10.9. The number of aryl methyl sites for hydroxylation is 1. The fraction of sp³-hybridized carbons (Fsp3) is 0.154. The summed E-state index contributed by atoms with van der Waals surface area (Å²) >= 11 is 1.69. The van der Waals surface area contributed by atoms with Crippen molar-refractivity contribution in [3.05, 3.63) is 52.3 Å². The first-order chi connectivity index (χ1) is 7.58. The molecule has 0 aliphatic carbocycles. The van der Waals surface area contributed by atoms with Gasteiger partial charge in [-0.15, -0.1) is 11.3 Å². The Morgan fingerprint density at radius 1 is 1.31 bits per heavy atom. The Hall–Kier alpha value is -1.61. The van der Waals surface area contributed by atoms with Crippen LogP contribution in [0, 0.1) is 0 Å². The third-order valence-electron chi connectivity index (χ3n) is 2.40. The van der Waals surface area contributed by atoms with Crippen molar-refractivity contribution in [2.45, 2.75) is 6.92 Å². The van der Waals surface area contributed by atoms with Gasteiger partial charge in [0.05, 0.1) is 0 Å². The minimum atomic E-state index is 0.0143. The van der Waals surface area contributed by atoms with Gasteiger partial charge in [0, 0.05) is 34.6 Å². The molecule has 82 valence electrons. The molecule has 2 nitrogen and oxygen atoms in total. The van der Waals surface area contributed by atoms with Crippen LogP contribution in [0.25, 0.3) is 16.0 Å². The lowest BCUT2D eigenvalue weighted by molar-refractivity contribution is 0.863. The second-order valence-electron chi connectivity index (χ2n) is 3.81. The molecule has 0 radical (unpaired) electrons. The number of hydrogen-bond donors (Lipinski definition) is 0. The highest BCUT2D eigenvalue weighted by atomic mass is 32.1. The van der Waals surface area contributed by atoms with E-state index < -0.39 is 0 Å². The summed E-state index contributed by atoms with van der Waals surface area (Å²) in [6.45, 7) is 5.92. The molecule has 0 saturated carbocycles. The summed E-state index contributed by atoms with van der Waals surface area (Å²) < 4.78 is 1.59. The first-order valence-corrected chi connectivity index (χ1v) is 5.82. The molecule has 0 fully saturated rings. The maximum Gasteiger partial charge on any atom is 0.250 e. The second-order valence-corrected chi connectivity index (χ2v) is 4.89. The molecule has 0 aliphatic rings. The van der Waals surface area contributed by atoms with Crippen molar-refractivity contribution in [3.63, 3.8) is 0 Å². The van der Waals surface area contributed by atoms with Gasteiger partial charge in [0.1, 0.15) is 0 Å². The van der Waals surface area contributed by atoms with E-state index in [0.717, 1.165) is 16.0 Å². The molecule has 0 amide bonds. The van der Waals surface area contributed by atoms with Crippen LogP contribution in [0.15, 0.2) is 41.8 Å². The minimum absolute atomic E-state index is 0.0143. The Labute approximate surface area is 98.5 Å². The highest BCUT2D eigenvalue weighted by molar-refractivity contribution is 7.16. The van der Waals surface area contributed by atoms with Crippen LogP contribution in [0.2, 0.25) is 0 Å². The maximum atomic E-state index is 11.3. The summed E-state index contributed by atoms with van der Waals surface area (Å²) in [6, 6.07) is 7.58. The molecular weight excluding hydrogens is 218 g/mol. The fourth-order valence-electron chi connectivity index (χ4n) is 1.46. The molecule has 0 aliphatic heterocycles. The Balaban J connectivity index is 2.46. The van der Waals surface area contributed by atoms with Gasteiger partial charge in [0.25, 0.3) is 0 Å². The van der Waals surface area contributed by atoms with Crippen LogP contribution in [0.5, 0.6) is 0 Å². The van der Waals surface area contributed by atoms with Gasteiger partial charge in [-0.3, -0.25) is 4.79 Å². The molecule has 2 heterocycles. The van der Waals surface area contributed by atoms with Gasteiger partial charge in [-0.2, -0.15) is 0 Å². The normalized spacial score (nSPS) is 10.4. The van der Waals surface area contributed by atoms with E-state index in [0.29, 0.717) is 0 Å². The van der Waals surface area contributed by atoms with Crippen LogP contribution in [0.3, 0.4) is 0 Å². The third kappa shape index (κ3) is 1.99. The Kier molecular flexibility index (Phi) is 2.79. The van der Waals surface area contributed by atoms with Crippen molar-refractivity contribution in [2.75, 3.05) is 0 Å². The van der Waals surface area contributed by atoms with Gasteiger partial charge in [-0.25, -0.2) is 0 Å². The predicted octanol–water partition coefficient (Wildman–Crippen LogP) is 3.15.